The molecule has 0 bridgehead atoms. The lowest BCUT2D eigenvalue weighted by Gasteiger charge is -2.16. The second kappa shape index (κ2) is 3.29. The highest BCUT2D eigenvalue weighted by atomic mass is 16.7. The maximum Gasteiger partial charge on any atom is 0.314 e. The van der Waals surface area contributed by atoms with Crippen LogP contribution in [0.4, 0.5) is 0 Å². The van der Waals surface area contributed by atoms with Crippen molar-refractivity contribution in [3.05, 3.63) is 17.7 Å². The summed E-state index contributed by atoms with van der Waals surface area (Å²) in [4.78, 5) is 11.4. The first-order valence-corrected chi connectivity index (χ1v) is 5.39. The second-order valence-electron chi connectivity index (χ2n) is 4.26. The number of ether oxygens (including phenoxy) is 3. The largest absolute Gasteiger partial charge is 0.496 e. The molecule has 0 atom stereocenters. The number of fused-ring (bicyclic) bond motifs is 1. The molecule has 2 aliphatic rings. The zero-order chi connectivity index (χ0) is 12.0. The smallest absolute Gasteiger partial charge is 0.314 e. The van der Waals surface area contributed by atoms with Crippen LogP contribution in [0.15, 0.2) is 12.1 Å². The molecular weight excluding hydrogens is 224 g/mol. The SMILES string of the molecule is COc1ccc2c(c1C1(C(=O)O)CC1)OCO2. The Morgan fingerprint density at radius 1 is 1.41 bits per heavy atom. The first-order valence-electron chi connectivity index (χ1n) is 5.39. The van der Waals surface area contributed by atoms with Crippen LogP contribution in [0.25, 0.3) is 0 Å². The van der Waals surface area contributed by atoms with Gasteiger partial charge in [0.05, 0.1) is 12.7 Å². The van der Waals surface area contributed by atoms with Crippen LogP contribution in [-0.2, 0) is 10.2 Å². The Morgan fingerprint density at radius 2 is 2.18 bits per heavy atom. The van der Waals surface area contributed by atoms with E-state index in [1.165, 1.54) is 7.11 Å². The quantitative estimate of drug-likeness (QED) is 0.862. The minimum absolute atomic E-state index is 0.130. The highest BCUT2D eigenvalue weighted by Gasteiger charge is 2.56. The van der Waals surface area contributed by atoms with E-state index in [0.29, 0.717) is 35.7 Å². The minimum atomic E-state index is -0.857. The van der Waals surface area contributed by atoms with E-state index in [2.05, 4.69) is 0 Å². The van der Waals surface area contributed by atoms with Gasteiger partial charge in [-0.3, -0.25) is 4.79 Å². The number of carboxylic acid groups (broad SMARTS) is 1. The van der Waals surface area contributed by atoms with Crippen molar-refractivity contribution in [2.45, 2.75) is 18.3 Å². The van der Waals surface area contributed by atoms with E-state index in [1.807, 2.05) is 0 Å². The third kappa shape index (κ3) is 1.28. The van der Waals surface area contributed by atoms with Gasteiger partial charge in [0.15, 0.2) is 11.5 Å². The van der Waals surface area contributed by atoms with Crippen LogP contribution in [-0.4, -0.2) is 25.0 Å². The van der Waals surface area contributed by atoms with Crippen molar-refractivity contribution < 1.29 is 24.1 Å². The fraction of sp³-hybridized carbons (Fsp3) is 0.417. The molecule has 1 fully saturated rings. The molecule has 0 saturated heterocycles. The van der Waals surface area contributed by atoms with Gasteiger partial charge in [-0.2, -0.15) is 0 Å². The molecule has 0 unspecified atom stereocenters. The van der Waals surface area contributed by atoms with Crippen molar-refractivity contribution in [3.63, 3.8) is 0 Å². The van der Waals surface area contributed by atoms with Crippen LogP contribution in [0.1, 0.15) is 18.4 Å². The number of benzene rings is 1. The molecular formula is C12H12O5. The van der Waals surface area contributed by atoms with E-state index >= 15 is 0 Å². The van der Waals surface area contributed by atoms with Crippen molar-refractivity contribution in [2.24, 2.45) is 0 Å². The zero-order valence-electron chi connectivity index (χ0n) is 9.36. The van der Waals surface area contributed by atoms with Crippen molar-refractivity contribution in [2.75, 3.05) is 13.9 Å². The molecule has 0 radical (unpaired) electrons. The van der Waals surface area contributed by atoms with Crippen LogP contribution in [0.5, 0.6) is 17.2 Å². The lowest BCUT2D eigenvalue weighted by Crippen LogP contribution is -2.21. The minimum Gasteiger partial charge on any atom is -0.496 e. The Bertz CT molecular complexity index is 490. The fourth-order valence-electron chi connectivity index (χ4n) is 2.27. The van der Waals surface area contributed by atoms with Crippen molar-refractivity contribution in [1.82, 2.24) is 0 Å². The molecule has 1 aromatic carbocycles. The van der Waals surface area contributed by atoms with E-state index < -0.39 is 11.4 Å². The monoisotopic (exact) mass is 236 g/mol. The average Bonchev–Trinajstić information content (AvgIpc) is 2.99. The van der Waals surface area contributed by atoms with Gasteiger partial charge in [-0.1, -0.05) is 0 Å². The number of rotatable bonds is 3. The molecule has 1 aromatic rings. The van der Waals surface area contributed by atoms with Crippen LogP contribution in [0.2, 0.25) is 0 Å². The number of hydrogen-bond donors (Lipinski definition) is 1. The molecule has 1 aliphatic carbocycles. The Balaban J connectivity index is 2.21. The van der Waals surface area contributed by atoms with Gasteiger partial charge >= 0.3 is 5.97 Å². The standard InChI is InChI=1S/C12H12O5/c1-15-7-2-3-8-10(17-6-16-8)9(7)12(4-5-12)11(13)14/h2-3H,4-6H2,1H3,(H,13,14). The lowest BCUT2D eigenvalue weighted by molar-refractivity contribution is -0.140. The summed E-state index contributed by atoms with van der Waals surface area (Å²) >= 11 is 0. The van der Waals surface area contributed by atoms with Crippen molar-refractivity contribution in [3.8, 4) is 17.2 Å². The fourth-order valence-corrected chi connectivity index (χ4v) is 2.27. The normalized spacial score (nSPS) is 18.9. The number of hydrogen-bond acceptors (Lipinski definition) is 4. The number of carboxylic acids is 1. The summed E-state index contributed by atoms with van der Waals surface area (Å²) < 4.78 is 15.9. The van der Waals surface area contributed by atoms with E-state index in [0.717, 1.165) is 0 Å². The van der Waals surface area contributed by atoms with E-state index in [4.69, 9.17) is 14.2 Å². The van der Waals surface area contributed by atoms with Gasteiger partial charge in [0.1, 0.15) is 11.2 Å². The van der Waals surface area contributed by atoms with Gasteiger partial charge in [-0.15, -0.1) is 0 Å². The summed E-state index contributed by atoms with van der Waals surface area (Å²) in [6.45, 7) is 0.130. The first kappa shape index (κ1) is 10.3. The average molecular weight is 236 g/mol. The topological polar surface area (TPSA) is 65.0 Å². The Hall–Kier alpha value is -1.91. The molecule has 17 heavy (non-hydrogen) atoms. The summed E-state index contributed by atoms with van der Waals surface area (Å²) in [7, 11) is 1.53. The summed E-state index contributed by atoms with van der Waals surface area (Å²) in [5.74, 6) is 0.825. The van der Waals surface area contributed by atoms with Crippen LogP contribution in [0, 0.1) is 0 Å². The van der Waals surface area contributed by atoms with Crippen LogP contribution >= 0.6 is 0 Å². The number of aliphatic carboxylic acids is 1. The molecule has 1 N–H and O–H groups in total. The van der Waals surface area contributed by atoms with E-state index in [1.54, 1.807) is 12.1 Å². The van der Waals surface area contributed by atoms with Gasteiger partial charge in [0.2, 0.25) is 6.79 Å². The third-order valence-corrected chi connectivity index (χ3v) is 3.36. The molecule has 0 aromatic heterocycles. The van der Waals surface area contributed by atoms with Gasteiger partial charge in [-0.25, -0.2) is 0 Å². The Kier molecular flexibility index (Phi) is 1.98. The Labute approximate surface area is 97.9 Å². The highest BCUT2D eigenvalue weighted by Crippen LogP contribution is 2.57. The summed E-state index contributed by atoms with van der Waals surface area (Å²) in [6.07, 6.45) is 1.22. The highest BCUT2D eigenvalue weighted by molar-refractivity contribution is 5.88. The summed E-state index contributed by atoms with van der Waals surface area (Å²) in [5, 5.41) is 9.36. The second-order valence-corrected chi connectivity index (χ2v) is 4.26. The Morgan fingerprint density at radius 3 is 2.76 bits per heavy atom. The van der Waals surface area contributed by atoms with Gasteiger partial charge in [0.25, 0.3) is 0 Å². The predicted octanol–water partition coefficient (Wildman–Crippen LogP) is 1.54. The molecule has 0 amide bonds. The molecule has 1 saturated carbocycles. The molecule has 0 spiro atoms. The summed E-state index contributed by atoms with van der Waals surface area (Å²) in [5.41, 5.74) is -0.243. The molecule has 5 nitrogen and oxygen atoms in total. The van der Waals surface area contributed by atoms with Crippen LogP contribution < -0.4 is 14.2 Å². The van der Waals surface area contributed by atoms with Crippen molar-refractivity contribution >= 4 is 5.97 Å². The first-order chi connectivity index (χ1) is 8.19. The lowest BCUT2D eigenvalue weighted by atomic mass is 9.93. The van der Waals surface area contributed by atoms with Crippen LogP contribution in [0.3, 0.4) is 0 Å². The maximum absolute atomic E-state index is 11.4. The predicted molar refractivity (Wildman–Crippen MR) is 57.7 cm³/mol. The number of methoxy groups -OCH3 is 1. The van der Waals surface area contributed by atoms with Gasteiger partial charge in [0, 0.05) is 0 Å². The van der Waals surface area contributed by atoms with E-state index in [9.17, 15) is 9.90 Å². The molecule has 3 rings (SSSR count). The molecule has 1 heterocycles. The summed E-state index contributed by atoms with van der Waals surface area (Å²) in [6, 6.07) is 3.47. The third-order valence-electron chi connectivity index (χ3n) is 3.36. The van der Waals surface area contributed by atoms with Crippen molar-refractivity contribution in [1.29, 1.82) is 0 Å². The van der Waals surface area contributed by atoms with E-state index in [-0.39, 0.29) is 6.79 Å². The molecule has 5 heteroatoms. The molecule has 90 valence electrons. The number of carbonyl (C=O) groups is 1. The maximum atomic E-state index is 11.4. The van der Waals surface area contributed by atoms with Gasteiger partial charge < -0.3 is 19.3 Å². The van der Waals surface area contributed by atoms with Gasteiger partial charge in [-0.05, 0) is 25.0 Å². The molecule has 1 aliphatic heterocycles. The zero-order valence-corrected chi connectivity index (χ0v) is 9.36.